The van der Waals surface area contributed by atoms with Crippen molar-refractivity contribution in [1.29, 1.82) is 0 Å². The first-order chi connectivity index (χ1) is 13.3. The number of nitrogens with one attached hydrogen (secondary N) is 1. The molecule has 2 N–H and O–H groups in total. The molecule has 0 saturated heterocycles. The maximum Gasteiger partial charge on any atom is 0.278 e. The molecule has 2 aromatic heterocycles. The molecule has 0 spiro atoms. The molecule has 146 valence electrons. The van der Waals surface area contributed by atoms with Gasteiger partial charge < -0.3 is 9.67 Å². The Morgan fingerprint density at radius 2 is 2.00 bits per heavy atom. The molecule has 0 atom stereocenters. The molecule has 10 heteroatoms. The van der Waals surface area contributed by atoms with Crippen LogP contribution in [0.4, 0.5) is 5.13 Å². The number of para-hydroxylation sites is 1. The van der Waals surface area contributed by atoms with E-state index in [4.69, 9.17) is 0 Å². The molecular formula is C18H18N4O4S2. The second-order valence-corrected chi connectivity index (χ2v) is 9.14. The molecule has 0 saturated carbocycles. The molecule has 0 unspecified atom stereocenters. The molecule has 4 rings (SSSR count). The van der Waals surface area contributed by atoms with E-state index in [9.17, 15) is 18.3 Å². The largest absolute Gasteiger partial charge is 0.504 e. The summed E-state index contributed by atoms with van der Waals surface area (Å²) in [6.45, 7) is 1.94. The van der Waals surface area contributed by atoms with Crippen LogP contribution in [0.25, 0.3) is 16.7 Å². The van der Waals surface area contributed by atoms with Gasteiger partial charge in [-0.2, -0.15) is 0 Å². The number of fused-ring (bicyclic) bond motifs is 3. The summed E-state index contributed by atoms with van der Waals surface area (Å²) in [5, 5.41) is 16.1. The zero-order chi connectivity index (χ0) is 20.2. The number of likely N-dealkylation sites (N-methyl/N-ethyl adjacent to an activating group) is 1. The number of aliphatic hydroxyl groups is 1. The van der Waals surface area contributed by atoms with Crippen molar-refractivity contribution in [2.24, 2.45) is 7.05 Å². The number of sulfonamides is 1. The van der Waals surface area contributed by atoms with Crippen LogP contribution in [0, 0.1) is 0 Å². The van der Waals surface area contributed by atoms with E-state index in [-0.39, 0.29) is 16.3 Å². The van der Waals surface area contributed by atoms with Gasteiger partial charge in [-0.3, -0.25) is 14.4 Å². The molecule has 0 fully saturated rings. The van der Waals surface area contributed by atoms with Gasteiger partial charge in [0.1, 0.15) is 10.6 Å². The average Bonchev–Trinajstić information content (AvgIpc) is 3.23. The van der Waals surface area contributed by atoms with E-state index in [0.29, 0.717) is 22.5 Å². The monoisotopic (exact) mass is 418 g/mol. The van der Waals surface area contributed by atoms with Gasteiger partial charge in [0.15, 0.2) is 16.6 Å². The zero-order valence-electron chi connectivity index (χ0n) is 15.4. The fourth-order valence-electron chi connectivity index (χ4n) is 3.34. The summed E-state index contributed by atoms with van der Waals surface area (Å²) < 4.78 is 28.7. The molecule has 0 aliphatic carbocycles. The Bertz CT molecular complexity index is 1250. The van der Waals surface area contributed by atoms with Gasteiger partial charge in [-0.25, -0.2) is 13.4 Å². The van der Waals surface area contributed by atoms with E-state index in [1.165, 1.54) is 18.4 Å². The van der Waals surface area contributed by atoms with Crippen LogP contribution in [-0.4, -0.2) is 40.3 Å². The standard InChI is InChI=1S/C18H18N4O4S2/c1-4-10-9-27-18(19-10)20-17(24)14-15(23)13-16(28(25,26)22(14)3)11-7-5-6-8-12(11)21(13)2/h5-9,23H,4H2,1-3H3,(H,19,20,24). The molecule has 28 heavy (non-hydrogen) atoms. The van der Waals surface area contributed by atoms with Gasteiger partial charge in [0.25, 0.3) is 15.9 Å². The number of benzene rings is 1. The molecule has 3 aromatic rings. The predicted octanol–water partition coefficient (Wildman–Crippen LogP) is 2.70. The number of carbonyl (C=O) groups excluding carboxylic acids is 1. The van der Waals surface area contributed by atoms with Crippen molar-refractivity contribution in [1.82, 2.24) is 13.9 Å². The third kappa shape index (κ3) is 2.52. The first-order valence-electron chi connectivity index (χ1n) is 8.53. The van der Waals surface area contributed by atoms with Crippen LogP contribution in [0.15, 0.2) is 40.2 Å². The van der Waals surface area contributed by atoms with Gasteiger partial charge in [0.05, 0.1) is 5.69 Å². The van der Waals surface area contributed by atoms with Crippen LogP contribution >= 0.6 is 11.3 Å². The summed E-state index contributed by atoms with van der Waals surface area (Å²) in [6, 6.07) is 6.96. The number of thiazole rings is 1. The normalized spacial score (nSPS) is 15.8. The molecule has 1 aliphatic heterocycles. The van der Waals surface area contributed by atoms with Crippen molar-refractivity contribution in [2.75, 3.05) is 12.4 Å². The number of rotatable bonds is 3. The molecule has 3 heterocycles. The van der Waals surface area contributed by atoms with Crippen molar-refractivity contribution in [2.45, 2.75) is 18.2 Å². The third-order valence-corrected chi connectivity index (χ3v) is 7.43. The minimum atomic E-state index is -4.03. The van der Waals surface area contributed by atoms with Gasteiger partial charge in [0.2, 0.25) is 0 Å². The van der Waals surface area contributed by atoms with Crippen LogP contribution in [-0.2, 0) is 28.3 Å². The topological polar surface area (TPSA) is 105 Å². The third-order valence-electron chi connectivity index (χ3n) is 4.79. The van der Waals surface area contributed by atoms with E-state index in [1.807, 2.05) is 12.3 Å². The Morgan fingerprint density at radius 3 is 2.68 bits per heavy atom. The minimum absolute atomic E-state index is 0.00957. The first-order valence-corrected chi connectivity index (χ1v) is 10.8. The van der Waals surface area contributed by atoms with Crippen LogP contribution in [0.5, 0.6) is 0 Å². The zero-order valence-corrected chi connectivity index (χ0v) is 17.1. The van der Waals surface area contributed by atoms with Crippen LogP contribution in [0.3, 0.4) is 0 Å². The Labute approximate surface area is 165 Å². The molecule has 1 aliphatic rings. The fourth-order valence-corrected chi connectivity index (χ4v) is 5.74. The minimum Gasteiger partial charge on any atom is -0.504 e. The van der Waals surface area contributed by atoms with Gasteiger partial charge in [0, 0.05) is 30.4 Å². The van der Waals surface area contributed by atoms with Crippen molar-refractivity contribution in [3.63, 3.8) is 0 Å². The van der Waals surface area contributed by atoms with E-state index < -0.39 is 21.7 Å². The van der Waals surface area contributed by atoms with Crippen molar-refractivity contribution >= 4 is 49.1 Å². The number of anilines is 1. The van der Waals surface area contributed by atoms with Crippen LogP contribution < -0.4 is 5.32 Å². The molecule has 1 amide bonds. The lowest BCUT2D eigenvalue weighted by molar-refractivity contribution is -0.113. The predicted molar refractivity (Wildman–Crippen MR) is 108 cm³/mol. The molecule has 0 bridgehead atoms. The van der Waals surface area contributed by atoms with E-state index in [1.54, 1.807) is 35.9 Å². The smallest absolute Gasteiger partial charge is 0.278 e. The van der Waals surface area contributed by atoms with Gasteiger partial charge in [-0.15, -0.1) is 11.3 Å². The highest BCUT2D eigenvalue weighted by atomic mass is 32.2. The van der Waals surface area contributed by atoms with E-state index in [2.05, 4.69) is 10.3 Å². The van der Waals surface area contributed by atoms with Crippen molar-refractivity contribution in [3.8, 4) is 0 Å². The second-order valence-electron chi connectivity index (χ2n) is 6.38. The lowest BCUT2D eigenvalue weighted by Crippen LogP contribution is -2.37. The summed E-state index contributed by atoms with van der Waals surface area (Å²) in [4.78, 5) is 17.1. The first kappa shape index (κ1) is 18.5. The Hall–Kier alpha value is -2.85. The number of amides is 1. The maximum absolute atomic E-state index is 13.2. The summed E-state index contributed by atoms with van der Waals surface area (Å²) in [5.41, 5.74) is 1.22. The average molecular weight is 419 g/mol. The maximum atomic E-state index is 13.2. The Balaban J connectivity index is 1.89. The summed E-state index contributed by atoms with van der Waals surface area (Å²) in [5.74, 6) is -1.13. The van der Waals surface area contributed by atoms with Gasteiger partial charge in [-0.1, -0.05) is 25.1 Å². The van der Waals surface area contributed by atoms with Gasteiger partial charge in [-0.05, 0) is 12.5 Å². The molecule has 8 nitrogen and oxygen atoms in total. The summed E-state index contributed by atoms with van der Waals surface area (Å²) in [6.07, 6.45) is 0.716. The fraction of sp³-hybridized carbons (Fsp3) is 0.222. The lowest BCUT2D eigenvalue weighted by atomic mass is 10.2. The Kier molecular flexibility index (Phi) is 4.20. The quantitative estimate of drug-likeness (QED) is 0.681. The van der Waals surface area contributed by atoms with Gasteiger partial charge >= 0.3 is 0 Å². The number of hydrogen-bond donors (Lipinski definition) is 2. The number of nitrogens with zero attached hydrogens (tertiary/aromatic N) is 3. The molecule has 1 aromatic carbocycles. The molecular weight excluding hydrogens is 400 g/mol. The second kappa shape index (κ2) is 6.35. The summed E-state index contributed by atoms with van der Waals surface area (Å²) in [7, 11) is -1.12. The van der Waals surface area contributed by atoms with Crippen LogP contribution in [0.2, 0.25) is 0 Å². The number of aromatic nitrogens is 2. The molecule has 0 radical (unpaired) electrons. The SMILES string of the molecule is CCc1csc(NC(=O)C2=C(O)c3c(c4ccccc4n3C)S(=O)(=O)N2C)n1. The van der Waals surface area contributed by atoms with Crippen molar-refractivity contribution in [3.05, 3.63) is 46.7 Å². The highest BCUT2D eigenvalue weighted by molar-refractivity contribution is 7.89. The van der Waals surface area contributed by atoms with E-state index in [0.717, 1.165) is 10.00 Å². The van der Waals surface area contributed by atoms with Crippen LogP contribution in [0.1, 0.15) is 18.3 Å². The lowest BCUT2D eigenvalue weighted by Gasteiger charge is -2.27. The number of carbonyl (C=O) groups is 1. The highest BCUT2D eigenvalue weighted by Crippen LogP contribution is 2.40. The van der Waals surface area contributed by atoms with E-state index >= 15 is 0 Å². The van der Waals surface area contributed by atoms with Crippen molar-refractivity contribution < 1.29 is 18.3 Å². The Morgan fingerprint density at radius 1 is 1.29 bits per heavy atom. The number of aryl methyl sites for hydroxylation is 2. The highest BCUT2D eigenvalue weighted by Gasteiger charge is 2.41. The number of hydrogen-bond acceptors (Lipinski definition) is 6. The number of aliphatic hydroxyl groups excluding tert-OH is 1. The summed E-state index contributed by atoms with van der Waals surface area (Å²) >= 11 is 1.24.